The van der Waals surface area contributed by atoms with Crippen molar-refractivity contribution in [2.75, 3.05) is 0 Å². The number of halogens is 2. The van der Waals surface area contributed by atoms with Gasteiger partial charge in [-0.1, -0.05) is 41.9 Å². The molecule has 4 heteroatoms. The molecule has 1 aliphatic rings. The van der Waals surface area contributed by atoms with Crippen LogP contribution in [0.25, 0.3) is 0 Å². The highest BCUT2D eigenvalue weighted by Crippen LogP contribution is 2.41. The lowest BCUT2D eigenvalue weighted by atomic mass is 10.1. The van der Waals surface area contributed by atoms with Gasteiger partial charge in [-0.05, 0) is 35.7 Å². The Kier molecular flexibility index (Phi) is 3.93. The van der Waals surface area contributed by atoms with E-state index in [-0.39, 0.29) is 24.2 Å². The molecule has 1 aliphatic carbocycles. The first-order chi connectivity index (χ1) is 10.1. The van der Waals surface area contributed by atoms with Crippen molar-refractivity contribution in [3.8, 4) is 0 Å². The fourth-order valence-electron chi connectivity index (χ4n) is 2.53. The SMILES string of the molecule is O=C(Cc1ccccc1F)N[C@@H]1C[C@H]1c1cccc(Cl)c1. The van der Waals surface area contributed by atoms with E-state index in [4.69, 9.17) is 11.6 Å². The van der Waals surface area contributed by atoms with Crippen LogP contribution in [0.15, 0.2) is 48.5 Å². The molecule has 0 aromatic heterocycles. The number of carbonyl (C=O) groups is 1. The molecule has 108 valence electrons. The van der Waals surface area contributed by atoms with Crippen LogP contribution in [-0.2, 0) is 11.2 Å². The molecule has 0 spiro atoms. The molecule has 1 saturated carbocycles. The zero-order valence-electron chi connectivity index (χ0n) is 11.4. The quantitative estimate of drug-likeness (QED) is 0.917. The summed E-state index contributed by atoms with van der Waals surface area (Å²) >= 11 is 5.97. The second-order valence-electron chi connectivity index (χ2n) is 5.34. The van der Waals surface area contributed by atoms with E-state index in [9.17, 15) is 9.18 Å². The van der Waals surface area contributed by atoms with Crippen LogP contribution in [0, 0.1) is 5.82 Å². The minimum absolute atomic E-state index is 0.0748. The summed E-state index contributed by atoms with van der Waals surface area (Å²) in [5.41, 5.74) is 1.56. The van der Waals surface area contributed by atoms with E-state index in [1.54, 1.807) is 18.2 Å². The highest BCUT2D eigenvalue weighted by atomic mass is 35.5. The first-order valence-electron chi connectivity index (χ1n) is 6.92. The van der Waals surface area contributed by atoms with Crippen LogP contribution in [0.1, 0.15) is 23.5 Å². The summed E-state index contributed by atoms with van der Waals surface area (Å²) in [5, 5.41) is 3.65. The van der Waals surface area contributed by atoms with Crippen molar-refractivity contribution < 1.29 is 9.18 Å². The van der Waals surface area contributed by atoms with Crippen molar-refractivity contribution in [2.24, 2.45) is 0 Å². The van der Waals surface area contributed by atoms with Gasteiger partial charge in [-0.3, -0.25) is 4.79 Å². The molecule has 1 N–H and O–H groups in total. The number of nitrogens with one attached hydrogen (secondary N) is 1. The van der Waals surface area contributed by atoms with Crippen LogP contribution in [0.4, 0.5) is 4.39 Å². The van der Waals surface area contributed by atoms with E-state index in [1.165, 1.54) is 6.07 Å². The third kappa shape index (κ3) is 3.42. The Morgan fingerprint density at radius 1 is 1.24 bits per heavy atom. The third-order valence-electron chi connectivity index (χ3n) is 3.72. The van der Waals surface area contributed by atoms with Crippen molar-refractivity contribution in [3.05, 3.63) is 70.5 Å². The number of hydrogen-bond acceptors (Lipinski definition) is 1. The minimum Gasteiger partial charge on any atom is -0.352 e. The van der Waals surface area contributed by atoms with Crippen LogP contribution in [-0.4, -0.2) is 11.9 Å². The first kappa shape index (κ1) is 14.1. The smallest absolute Gasteiger partial charge is 0.224 e. The predicted molar refractivity (Wildman–Crippen MR) is 80.8 cm³/mol. The summed E-state index contributed by atoms with van der Waals surface area (Å²) in [6, 6.07) is 14.2. The van der Waals surface area contributed by atoms with Crippen LogP contribution in [0.5, 0.6) is 0 Å². The molecular weight excluding hydrogens is 289 g/mol. The average Bonchev–Trinajstić information content (AvgIpc) is 3.20. The number of rotatable bonds is 4. The molecule has 2 atom stereocenters. The topological polar surface area (TPSA) is 29.1 Å². The number of carbonyl (C=O) groups excluding carboxylic acids is 1. The number of hydrogen-bond donors (Lipinski definition) is 1. The number of benzene rings is 2. The molecule has 2 aromatic carbocycles. The van der Waals surface area contributed by atoms with Gasteiger partial charge in [0.1, 0.15) is 5.82 Å². The fourth-order valence-corrected chi connectivity index (χ4v) is 2.73. The molecule has 2 nitrogen and oxygen atoms in total. The van der Waals surface area contributed by atoms with E-state index >= 15 is 0 Å². The largest absolute Gasteiger partial charge is 0.352 e. The molecule has 0 bridgehead atoms. The van der Waals surface area contributed by atoms with Crippen LogP contribution >= 0.6 is 11.6 Å². The summed E-state index contributed by atoms with van der Waals surface area (Å²) in [6.45, 7) is 0. The first-order valence-corrected chi connectivity index (χ1v) is 7.29. The Hall–Kier alpha value is -1.87. The molecule has 2 aromatic rings. The Bertz CT molecular complexity index is 673. The summed E-state index contributed by atoms with van der Waals surface area (Å²) in [5.74, 6) is -0.169. The highest BCUT2D eigenvalue weighted by Gasteiger charge is 2.39. The maximum absolute atomic E-state index is 13.5. The maximum Gasteiger partial charge on any atom is 0.224 e. The van der Waals surface area contributed by atoms with Gasteiger partial charge in [0.15, 0.2) is 0 Å². The Balaban J connectivity index is 1.57. The maximum atomic E-state index is 13.5. The predicted octanol–water partition coefficient (Wildman–Crippen LogP) is 3.69. The molecule has 0 saturated heterocycles. The highest BCUT2D eigenvalue weighted by molar-refractivity contribution is 6.30. The standard InChI is InChI=1S/C17H15ClFNO/c18-13-6-3-5-11(8-13)14-10-16(14)20-17(21)9-12-4-1-2-7-15(12)19/h1-8,14,16H,9-10H2,(H,20,21)/t14-,16+/m0/s1. The minimum atomic E-state index is -0.338. The van der Waals surface area contributed by atoms with Crippen molar-refractivity contribution in [1.29, 1.82) is 0 Å². The lowest BCUT2D eigenvalue weighted by Crippen LogP contribution is -2.28. The van der Waals surface area contributed by atoms with Gasteiger partial charge in [-0.15, -0.1) is 0 Å². The molecule has 1 amide bonds. The van der Waals surface area contributed by atoms with Gasteiger partial charge in [0.25, 0.3) is 0 Å². The zero-order chi connectivity index (χ0) is 14.8. The molecule has 0 radical (unpaired) electrons. The van der Waals surface area contributed by atoms with Gasteiger partial charge in [0.05, 0.1) is 6.42 Å². The van der Waals surface area contributed by atoms with E-state index in [0.29, 0.717) is 16.5 Å². The van der Waals surface area contributed by atoms with E-state index in [0.717, 1.165) is 12.0 Å². The third-order valence-corrected chi connectivity index (χ3v) is 3.96. The average molecular weight is 304 g/mol. The zero-order valence-corrected chi connectivity index (χ0v) is 12.1. The van der Waals surface area contributed by atoms with E-state index in [1.807, 2.05) is 24.3 Å². The molecule has 1 fully saturated rings. The van der Waals surface area contributed by atoms with Crippen LogP contribution < -0.4 is 5.32 Å². The van der Waals surface area contributed by atoms with Crippen molar-refractivity contribution in [2.45, 2.75) is 24.8 Å². The van der Waals surface area contributed by atoms with Crippen LogP contribution in [0.2, 0.25) is 5.02 Å². The Morgan fingerprint density at radius 2 is 2.05 bits per heavy atom. The van der Waals surface area contributed by atoms with Gasteiger partial charge in [-0.2, -0.15) is 0 Å². The lowest BCUT2D eigenvalue weighted by molar-refractivity contribution is -0.120. The summed E-state index contributed by atoms with van der Waals surface area (Å²) in [4.78, 5) is 12.0. The Labute approximate surface area is 127 Å². The summed E-state index contributed by atoms with van der Waals surface area (Å²) < 4.78 is 13.5. The Morgan fingerprint density at radius 3 is 2.81 bits per heavy atom. The van der Waals surface area contributed by atoms with Gasteiger partial charge >= 0.3 is 0 Å². The second kappa shape index (κ2) is 5.86. The molecule has 0 aliphatic heterocycles. The summed E-state index contributed by atoms with van der Waals surface area (Å²) in [7, 11) is 0. The van der Waals surface area contributed by atoms with Gasteiger partial charge in [-0.25, -0.2) is 4.39 Å². The van der Waals surface area contributed by atoms with E-state index < -0.39 is 0 Å². The van der Waals surface area contributed by atoms with Crippen molar-refractivity contribution in [3.63, 3.8) is 0 Å². The molecular formula is C17H15ClFNO. The monoisotopic (exact) mass is 303 g/mol. The van der Waals surface area contributed by atoms with E-state index in [2.05, 4.69) is 5.32 Å². The van der Waals surface area contributed by atoms with Crippen molar-refractivity contribution in [1.82, 2.24) is 5.32 Å². The second-order valence-corrected chi connectivity index (χ2v) is 5.78. The lowest BCUT2D eigenvalue weighted by Gasteiger charge is -2.06. The van der Waals surface area contributed by atoms with Gasteiger partial charge < -0.3 is 5.32 Å². The summed E-state index contributed by atoms with van der Waals surface area (Å²) in [6.07, 6.45) is 0.981. The molecule has 0 unspecified atom stereocenters. The molecule has 21 heavy (non-hydrogen) atoms. The van der Waals surface area contributed by atoms with Crippen LogP contribution in [0.3, 0.4) is 0 Å². The van der Waals surface area contributed by atoms with Gasteiger partial charge in [0.2, 0.25) is 5.91 Å². The molecule has 3 rings (SSSR count). The fraction of sp³-hybridized carbons (Fsp3) is 0.235. The molecule has 0 heterocycles. The number of amides is 1. The van der Waals surface area contributed by atoms with Gasteiger partial charge in [0, 0.05) is 17.0 Å². The normalized spacial score (nSPS) is 20.1. The van der Waals surface area contributed by atoms with Crippen molar-refractivity contribution >= 4 is 17.5 Å².